The van der Waals surface area contributed by atoms with Gasteiger partial charge in [-0.2, -0.15) is 18.4 Å². The molecule has 0 N–H and O–H groups in total. The van der Waals surface area contributed by atoms with E-state index >= 15 is 0 Å². The van der Waals surface area contributed by atoms with Crippen molar-refractivity contribution in [2.24, 2.45) is 0 Å². The zero-order chi connectivity index (χ0) is 19.4. The maximum atomic E-state index is 13.3. The van der Waals surface area contributed by atoms with Crippen molar-refractivity contribution in [3.05, 3.63) is 48.0 Å². The molecule has 27 heavy (non-hydrogen) atoms. The van der Waals surface area contributed by atoms with E-state index in [9.17, 15) is 13.2 Å². The first-order chi connectivity index (χ1) is 12.9. The van der Waals surface area contributed by atoms with E-state index in [2.05, 4.69) is 14.9 Å². The van der Waals surface area contributed by atoms with Gasteiger partial charge in [0, 0.05) is 31.4 Å². The van der Waals surface area contributed by atoms with Crippen molar-refractivity contribution in [3.63, 3.8) is 0 Å². The van der Waals surface area contributed by atoms with E-state index in [0.717, 1.165) is 31.1 Å². The molecule has 1 atom stereocenters. The predicted octanol–water partition coefficient (Wildman–Crippen LogP) is 3.86. The van der Waals surface area contributed by atoms with E-state index in [-0.39, 0.29) is 11.6 Å². The van der Waals surface area contributed by atoms with Gasteiger partial charge >= 0.3 is 6.18 Å². The molecule has 0 bridgehead atoms. The van der Waals surface area contributed by atoms with E-state index in [1.165, 1.54) is 12.4 Å². The molecular formula is C19H20F3N5. The Morgan fingerprint density at radius 1 is 1.30 bits per heavy atom. The Bertz CT molecular complexity index is 816. The van der Waals surface area contributed by atoms with Gasteiger partial charge < -0.3 is 9.80 Å². The largest absolute Gasteiger partial charge is 0.417 e. The van der Waals surface area contributed by atoms with Gasteiger partial charge in [0.1, 0.15) is 6.33 Å². The number of halogens is 3. The van der Waals surface area contributed by atoms with Gasteiger partial charge in [-0.25, -0.2) is 9.97 Å². The normalized spacial score (nSPS) is 17.4. The maximum absolute atomic E-state index is 13.3. The smallest absolute Gasteiger partial charge is 0.367 e. The number of piperidine rings is 1. The highest BCUT2D eigenvalue weighted by atomic mass is 19.4. The van der Waals surface area contributed by atoms with Crippen molar-refractivity contribution < 1.29 is 13.2 Å². The summed E-state index contributed by atoms with van der Waals surface area (Å²) < 4.78 is 39.9. The monoisotopic (exact) mass is 375 g/mol. The van der Waals surface area contributed by atoms with Crippen LogP contribution in [0.5, 0.6) is 0 Å². The molecule has 1 unspecified atom stereocenters. The van der Waals surface area contributed by atoms with Crippen molar-refractivity contribution in [2.75, 3.05) is 29.4 Å². The van der Waals surface area contributed by atoms with Crippen LogP contribution < -0.4 is 9.80 Å². The lowest BCUT2D eigenvalue weighted by Gasteiger charge is -2.41. The van der Waals surface area contributed by atoms with Gasteiger partial charge in [0.25, 0.3) is 0 Å². The Kier molecular flexibility index (Phi) is 5.49. The van der Waals surface area contributed by atoms with Crippen LogP contribution in [0, 0.1) is 11.3 Å². The fourth-order valence-electron chi connectivity index (χ4n) is 3.59. The van der Waals surface area contributed by atoms with E-state index in [1.54, 1.807) is 24.5 Å². The molecule has 1 aliphatic rings. The Labute approximate surface area is 156 Å². The van der Waals surface area contributed by atoms with Gasteiger partial charge in [0.05, 0.1) is 35.3 Å². The van der Waals surface area contributed by atoms with Gasteiger partial charge in [-0.05, 0) is 38.0 Å². The molecule has 1 aromatic heterocycles. The molecule has 0 saturated carbocycles. The molecule has 8 heteroatoms. The molecule has 1 fully saturated rings. The molecule has 5 nitrogen and oxygen atoms in total. The summed E-state index contributed by atoms with van der Waals surface area (Å²) in [6, 6.07) is 5.65. The summed E-state index contributed by atoms with van der Waals surface area (Å²) in [4.78, 5) is 12.2. The zero-order valence-electron chi connectivity index (χ0n) is 14.9. The average Bonchev–Trinajstić information content (AvgIpc) is 2.69. The fourth-order valence-corrected chi connectivity index (χ4v) is 3.59. The molecule has 2 aromatic rings. The molecule has 3 rings (SSSR count). The van der Waals surface area contributed by atoms with Crippen molar-refractivity contribution in [2.45, 2.75) is 32.0 Å². The molecule has 2 heterocycles. The van der Waals surface area contributed by atoms with Crippen LogP contribution >= 0.6 is 0 Å². The minimum absolute atomic E-state index is 0.0676. The van der Waals surface area contributed by atoms with E-state index in [4.69, 9.17) is 5.26 Å². The van der Waals surface area contributed by atoms with E-state index in [0.29, 0.717) is 18.8 Å². The van der Waals surface area contributed by atoms with Crippen LogP contribution in [0.4, 0.5) is 24.5 Å². The lowest BCUT2D eigenvalue weighted by Crippen LogP contribution is -2.48. The first-order valence-corrected chi connectivity index (χ1v) is 8.82. The Morgan fingerprint density at radius 2 is 2.04 bits per heavy atom. The molecule has 0 aliphatic carbocycles. The number of benzene rings is 1. The molecule has 142 valence electrons. The number of rotatable bonds is 4. The van der Waals surface area contributed by atoms with Crippen LogP contribution in [0.3, 0.4) is 0 Å². The fraction of sp³-hybridized carbons (Fsp3) is 0.421. The third kappa shape index (κ3) is 4.13. The van der Waals surface area contributed by atoms with Gasteiger partial charge in [-0.3, -0.25) is 0 Å². The highest BCUT2D eigenvalue weighted by Gasteiger charge is 2.35. The second kappa shape index (κ2) is 7.82. The third-order valence-corrected chi connectivity index (χ3v) is 4.85. The van der Waals surface area contributed by atoms with Gasteiger partial charge in [0.15, 0.2) is 0 Å². The first kappa shape index (κ1) is 19.0. The number of anilines is 2. The molecule has 1 saturated heterocycles. The molecule has 0 amide bonds. The topological polar surface area (TPSA) is 56.1 Å². The second-order valence-electron chi connectivity index (χ2n) is 6.46. The minimum Gasteiger partial charge on any atom is -0.367 e. The van der Waals surface area contributed by atoms with E-state index < -0.39 is 11.7 Å². The summed E-state index contributed by atoms with van der Waals surface area (Å²) in [5, 5.41) is 9.00. The highest BCUT2D eigenvalue weighted by molar-refractivity contribution is 5.56. The van der Waals surface area contributed by atoms with Crippen LogP contribution in [0.25, 0.3) is 0 Å². The second-order valence-corrected chi connectivity index (χ2v) is 6.46. The van der Waals surface area contributed by atoms with Gasteiger partial charge in [0.2, 0.25) is 0 Å². The van der Waals surface area contributed by atoms with Crippen molar-refractivity contribution >= 4 is 11.4 Å². The summed E-state index contributed by atoms with van der Waals surface area (Å²) in [6.07, 6.45) is 2.22. The molecule has 0 spiro atoms. The van der Waals surface area contributed by atoms with Crippen LogP contribution in [0.2, 0.25) is 0 Å². The maximum Gasteiger partial charge on any atom is 0.417 e. The summed E-state index contributed by atoms with van der Waals surface area (Å²) in [5.74, 6) is 0. The number of nitrogens with zero attached hydrogens (tertiary/aromatic N) is 5. The number of aromatic nitrogens is 2. The molecule has 0 radical (unpaired) electrons. The van der Waals surface area contributed by atoms with Gasteiger partial charge in [-0.15, -0.1) is 0 Å². The standard InChI is InChI=1S/C19H20F3N5/c1-2-27(15-6-5-14(9-23)18(8-15)19(20,21)22)16-4-3-7-26(12-16)17-10-24-13-25-11-17/h5-6,8,10-11,13,16H,2-4,7,12H2,1H3. The number of hydrogen-bond donors (Lipinski definition) is 0. The van der Waals surface area contributed by atoms with Crippen LogP contribution in [0.1, 0.15) is 30.9 Å². The molecule has 1 aromatic carbocycles. The predicted molar refractivity (Wildman–Crippen MR) is 96.4 cm³/mol. The van der Waals surface area contributed by atoms with Gasteiger partial charge in [-0.1, -0.05) is 0 Å². The number of nitriles is 1. The average molecular weight is 375 g/mol. The molecule has 1 aliphatic heterocycles. The Morgan fingerprint density at radius 3 is 2.67 bits per heavy atom. The quantitative estimate of drug-likeness (QED) is 0.812. The number of hydrogen-bond acceptors (Lipinski definition) is 5. The first-order valence-electron chi connectivity index (χ1n) is 8.82. The summed E-state index contributed by atoms with van der Waals surface area (Å²) in [6.45, 7) is 4.05. The summed E-state index contributed by atoms with van der Waals surface area (Å²) in [7, 11) is 0. The summed E-state index contributed by atoms with van der Waals surface area (Å²) in [5.41, 5.74) is 0.160. The van der Waals surface area contributed by atoms with Crippen molar-refractivity contribution in [1.82, 2.24) is 9.97 Å². The number of likely N-dealkylation sites (N-methyl/N-ethyl adjacent to an activating group) is 1. The van der Waals surface area contributed by atoms with Crippen molar-refractivity contribution in [1.29, 1.82) is 5.26 Å². The van der Waals surface area contributed by atoms with E-state index in [1.807, 2.05) is 11.8 Å². The van der Waals surface area contributed by atoms with Crippen LogP contribution in [-0.4, -0.2) is 35.6 Å². The summed E-state index contributed by atoms with van der Waals surface area (Å²) >= 11 is 0. The van der Waals surface area contributed by atoms with Crippen molar-refractivity contribution in [3.8, 4) is 6.07 Å². The SMILES string of the molecule is CCN(c1ccc(C#N)c(C(F)(F)F)c1)C1CCCN(c2cncnc2)C1. The Hall–Kier alpha value is -2.82. The molecular weight excluding hydrogens is 355 g/mol. The number of alkyl halides is 3. The lowest BCUT2D eigenvalue weighted by atomic mass is 10.0. The van der Waals surface area contributed by atoms with Crippen LogP contribution in [0.15, 0.2) is 36.9 Å². The zero-order valence-corrected chi connectivity index (χ0v) is 14.9. The third-order valence-electron chi connectivity index (χ3n) is 4.85. The minimum atomic E-state index is -4.56. The lowest BCUT2D eigenvalue weighted by molar-refractivity contribution is -0.137. The highest BCUT2D eigenvalue weighted by Crippen LogP contribution is 2.35. The van der Waals surface area contributed by atoms with Crippen LogP contribution in [-0.2, 0) is 6.18 Å². The Balaban J connectivity index is 1.87.